The molecule has 1 aromatic rings. The van der Waals surface area contributed by atoms with Crippen molar-refractivity contribution in [1.29, 1.82) is 0 Å². The fraction of sp³-hybridized carbons (Fsp3) is 0.500. The second-order valence-electron chi connectivity index (χ2n) is 5.26. The van der Waals surface area contributed by atoms with Crippen molar-refractivity contribution < 1.29 is 23.9 Å². The molecule has 0 spiro atoms. The Labute approximate surface area is 142 Å². The van der Waals surface area contributed by atoms with Crippen LogP contribution in [0.25, 0.3) is 0 Å². The van der Waals surface area contributed by atoms with Crippen LogP contribution in [0.15, 0.2) is 18.2 Å². The molecule has 0 saturated heterocycles. The molecule has 0 aliphatic heterocycles. The smallest absolute Gasteiger partial charge is 0.341 e. The van der Waals surface area contributed by atoms with E-state index in [-0.39, 0.29) is 36.2 Å². The first-order valence-corrected chi connectivity index (χ1v) is 8.17. The van der Waals surface area contributed by atoms with Gasteiger partial charge in [0.05, 0.1) is 6.61 Å². The monoisotopic (exact) mass is 335 g/mol. The first kappa shape index (κ1) is 19.7. The number of amides is 1. The second-order valence-corrected chi connectivity index (χ2v) is 5.26. The molecular formula is C18H25NO5. The predicted octanol–water partition coefficient (Wildman–Crippen LogP) is 2.70. The van der Waals surface area contributed by atoms with Crippen molar-refractivity contribution in [2.24, 2.45) is 0 Å². The fourth-order valence-electron chi connectivity index (χ4n) is 2.11. The molecule has 0 heterocycles. The highest BCUT2D eigenvalue weighted by molar-refractivity contribution is 5.99. The van der Waals surface area contributed by atoms with Crippen LogP contribution in [0.5, 0.6) is 5.75 Å². The largest absolute Gasteiger partial charge is 0.483 e. The summed E-state index contributed by atoms with van der Waals surface area (Å²) < 4.78 is 10.6. The molecule has 0 N–H and O–H groups in total. The van der Waals surface area contributed by atoms with Gasteiger partial charge in [0.25, 0.3) is 5.91 Å². The molecule has 0 bridgehead atoms. The van der Waals surface area contributed by atoms with Crippen molar-refractivity contribution in [3.8, 4) is 5.75 Å². The molecular weight excluding hydrogens is 310 g/mol. The molecule has 6 heteroatoms. The molecule has 0 aromatic heterocycles. The molecule has 0 atom stereocenters. The Morgan fingerprint density at radius 1 is 1.08 bits per heavy atom. The number of carbonyl (C=O) groups is 3. The molecule has 0 aliphatic carbocycles. The Morgan fingerprint density at radius 2 is 1.75 bits per heavy atom. The quantitative estimate of drug-likeness (QED) is 0.512. The van der Waals surface area contributed by atoms with Crippen molar-refractivity contribution in [2.45, 2.75) is 34.1 Å². The Balaban J connectivity index is 2.97. The van der Waals surface area contributed by atoms with E-state index in [0.717, 1.165) is 0 Å². The summed E-state index contributed by atoms with van der Waals surface area (Å²) >= 11 is 0. The Kier molecular flexibility index (Phi) is 7.95. The number of ether oxygens (including phenoxy) is 2. The highest BCUT2D eigenvalue weighted by atomic mass is 16.5. The lowest BCUT2D eigenvalue weighted by atomic mass is 10.1. The number of esters is 1. The Hall–Kier alpha value is -2.37. The summed E-state index contributed by atoms with van der Waals surface area (Å²) in [5.41, 5.74) is 0.546. The van der Waals surface area contributed by atoms with Gasteiger partial charge >= 0.3 is 5.97 Å². The van der Waals surface area contributed by atoms with Gasteiger partial charge in [-0.25, -0.2) is 4.79 Å². The highest BCUT2D eigenvalue weighted by Crippen LogP contribution is 2.22. The highest BCUT2D eigenvalue weighted by Gasteiger charge is 2.18. The zero-order valence-electron chi connectivity index (χ0n) is 14.8. The number of hydrogen-bond donors (Lipinski definition) is 0. The van der Waals surface area contributed by atoms with E-state index >= 15 is 0 Å². The van der Waals surface area contributed by atoms with Gasteiger partial charge in [-0.05, 0) is 45.4 Å². The lowest BCUT2D eigenvalue weighted by molar-refractivity contribution is -0.133. The van der Waals surface area contributed by atoms with E-state index in [0.29, 0.717) is 25.1 Å². The van der Waals surface area contributed by atoms with Crippen LogP contribution < -0.4 is 4.74 Å². The van der Waals surface area contributed by atoms with E-state index < -0.39 is 5.97 Å². The predicted molar refractivity (Wildman–Crippen MR) is 90.4 cm³/mol. The van der Waals surface area contributed by atoms with E-state index in [1.807, 2.05) is 20.8 Å². The van der Waals surface area contributed by atoms with Gasteiger partial charge in [0.1, 0.15) is 11.3 Å². The van der Waals surface area contributed by atoms with Gasteiger partial charge in [-0.3, -0.25) is 9.59 Å². The van der Waals surface area contributed by atoms with Gasteiger partial charge in [0, 0.05) is 18.7 Å². The van der Waals surface area contributed by atoms with Crippen LogP contribution in [0.2, 0.25) is 0 Å². The minimum Gasteiger partial charge on any atom is -0.483 e. The SMILES string of the molecule is CCCOC(=O)c1cc(C(C)=O)ccc1OCC(=O)N(CC)CC. The molecule has 1 amide bonds. The van der Waals surface area contributed by atoms with Crippen LogP contribution in [0.3, 0.4) is 0 Å². The molecule has 132 valence electrons. The van der Waals surface area contributed by atoms with E-state index in [1.165, 1.54) is 19.1 Å². The standard InChI is InChI=1S/C18H25NO5/c1-5-10-23-18(22)15-11-14(13(4)20)8-9-16(15)24-12-17(21)19(6-2)7-3/h8-9,11H,5-7,10,12H2,1-4H3. The summed E-state index contributed by atoms with van der Waals surface area (Å²) in [6.07, 6.45) is 0.689. The molecule has 0 unspecified atom stereocenters. The summed E-state index contributed by atoms with van der Waals surface area (Å²) in [5.74, 6) is -0.652. The Bertz CT molecular complexity index is 593. The summed E-state index contributed by atoms with van der Waals surface area (Å²) in [6, 6.07) is 4.53. The summed E-state index contributed by atoms with van der Waals surface area (Å²) in [6.45, 7) is 8.37. The van der Waals surface area contributed by atoms with E-state index in [4.69, 9.17) is 9.47 Å². The van der Waals surface area contributed by atoms with Crippen molar-refractivity contribution in [1.82, 2.24) is 4.90 Å². The molecule has 0 saturated carbocycles. The average molecular weight is 335 g/mol. The first-order chi connectivity index (χ1) is 11.4. The number of benzene rings is 1. The number of Topliss-reactive ketones (excluding diaryl/α,β-unsaturated/α-hetero) is 1. The number of carbonyl (C=O) groups excluding carboxylic acids is 3. The lowest BCUT2D eigenvalue weighted by Gasteiger charge is -2.19. The van der Waals surface area contributed by atoms with Crippen molar-refractivity contribution >= 4 is 17.7 Å². The third-order valence-corrected chi connectivity index (χ3v) is 3.51. The number of hydrogen-bond acceptors (Lipinski definition) is 5. The van der Waals surface area contributed by atoms with Crippen molar-refractivity contribution in [3.63, 3.8) is 0 Å². The van der Waals surface area contributed by atoms with Crippen LogP contribution in [0.4, 0.5) is 0 Å². The molecule has 0 radical (unpaired) electrons. The van der Waals surface area contributed by atoms with Gasteiger partial charge in [-0.1, -0.05) is 6.92 Å². The average Bonchev–Trinajstić information content (AvgIpc) is 2.58. The van der Waals surface area contributed by atoms with E-state index in [1.54, 1.807) is 11.0 Å². The number of ketones is 1. The number of likely N-dealkylation sites (N-methyl/N-ethyl adjacent to an activating group) is 1. The van der Waals surface area contributed by atoms with Crippen LogP contribution >= 0.6 is 0 Å². The van der Waals surface area contributed by atoms with Crippen molar-refractivity contribution in [3.05, 3.63) is 29.3 Å². The summed E-state index contributed by atoms with van der Waals surface area (Å²) in [4.78, 5) is 37.4. The molecule has 6 nitrogen and oxygen atoms in total. The maximum absolute atomic E-state index is 12.2. The van der Waals surface area contributed by atoms with E-state index in [2.05, 4.69) is 0 Å². The number of rotatable bonds is 9. The van der Waals surface area contributed by atoms with Crippen LogP contribution in [-0.2, 0) is 9.53 Å². The lowest BCUT2D eigenvalue weighted by Crippen LogP contribution is -2.34. The Morgan fingerprint density at radius 3 is 2.29 bits per heavy atom. The third kappa shape index (κ3) is 5.37. The van der Waals surface area contributed by atoms with Gasteiger partial charge in [0.15, 0.2) is 12.4 Å². The zero-order chi connectivity index (χ0) is 18.1. The second kappa shape index (κ2) is 9.70. The number of nitrogens with zero attached hydrogens (tertiary/aromatic N) is 1. The topological polar surface area (TPSA) is 72.9 Å². The van der Waals surface area contributed by atoms with Crippen LogP contribution in [-0.4, -0.2) is 48.9 Å². The van der Waals surface area contributed by atoms with Gasteiger partial charge < -0.3 is 14.4 Å². The van der Waals surface area contributed by atoms with Gasteiger partial charge in [-0.15, -0.1) is 0 Å². The molecule has 1 rings (SSSR count). The molecule has 0 fully saturated rings. The first-order valence-electron chi connectivity index (χ1n) is 8.17. The zero-order valence-corrected chi connectivity index (χ0v) is 14.8. The third-order valence-electron chi connectivity index (χ3n) is 3.51. The fourth-order valence-corrected chi connectivity index (χ4v) is 2.11. The summed E-state index contributed by atoms with van der Waals surface area (Å²) in [7, 11) is 0. The maximum atomic E-state index is 12.2. The van der Waals surface area contributed by atoms with Crippen LogP contribution in [0.1, 0.15) is 54.8 Å². The minimum absolute atomic E-state index is 0.156. The summed E-state index contributed by atoms with van der Waals surface area (Å²) in [5, 5.41) is 0. The van der Waals surface area contributed by atoms with Crippen LogP contribution in [0, 0.1) is 0 Å². The minimum atomic E-state index is -0.565. The molecule has 0 aliphatic rings. The maximum Gasteiger partial charge on any atom is 0.341 e. The van der Waals surface area contributed by atoms with E-state index in [9.17, 15) is 14.4 Å². The van der Waals surface area contributed by atoms with Gasteiger partial charge in [-0.2, -0.15) is 0 Å². The normalized spacial score (nSPS) is 10.2. The molecule has 1 aromatic carbocycles. The van der Waals surface area contributed by atoms with Crippen molar-refractivity contribution in [2.75, 3.05) is 26.3 Å². The molecule has 24 heavy (non-hydrogen) atoms. The van der Waals surface area contributed by atoms with Gasteiger partial charge in [0.2, 0.25) is 0 Å².